The summed E-state index contributed by atoms with van der Waals surface area (Å²) in [7, 11) is 1.70. The van der Waals surface area contributed by atoms with Gasteiger partial charge in [-0.25, -0.2) is 4.79 Å². The van der Waals surface area contributed by atoms with Crippen LogP contribution >= 0.6 is 0 Å². The number of methoxy groups -OCH3 is 1. The number of pyridine rings is 1. The maximum atomic E-state index is 11.2. The minimum Gasteiger partial charge on any atom is -0.478 e. The van der Waals surface area contributed by atoms with E-state index in [1.807, 2.05) is 13.0 Å². The molecule has 1 aliphatic rings. The number of carboxylic acid groups (broad SMARTS) is 1. The largest absolute Gasteiger partial charge is 0.478 e. The van der Waals surface area contributed by atoms with Gasteiger partial charge in [-0.1, -0.05) is 0 Å². The van der Waals surface area contributed by atoms with Gasteiger partial charge in [0.25, 0.3) is 0 Å². The number of ether oxygens (including phenoxy) is 1. The summed E-state index contributed by atoms with van der Waals surface area (Å²) in [5.41, 5.74) is 1.84. The van der Waals surface area contributed by atoms with Gasteiger partial charge in [-0.15, -0.1) is 0 Å². The number of nitrogens with zero attached hydrogens (tertiary/aromatic N) is 2. The first-order valence-corrected chi connectivity index (χ1v) is 6.09. The van der Waals surface area contributed by atoms with Crippen molar-refractivity contribution in [1.29, 1.82) is 0 Å². The van der Waals surface area contributed by atoms with Gasteiger partial charge in [0.05, 0.1) is 11.8 Å². The molecule has 18 heavy (non-hydrogen) atoms. The van der Waals surface area contributed by atoms with E-state index in [9.17, 15) is 9.90 Å². The van der Waals surface area contributed by atoms with E-state index in [1.54, 1.807) is 7.11 Å². The third kappa shape index (κ3) is 2.61. The van der Waals surface area contributed by atoms with Crippen LogP contribution in [0.25, 0.3) is 0 Å². The second kappa shape index (κ2) is 5.35. The van der Waals surface area contributed by atoms with Crippen molar-refractivity contribution in [2.45, 2.75) is 25.9 Å². The molecule has 1 atom stereocenters. The van der Waals surface area contributed by atoms with Gasteiger partial charge in [0.1, 0.15) is 5.56 Å². The Morgan fingerprint density at radius 2 is 2.39 bits per heavy atom. The minimum absolute atomic E-state index is 0.175. The third-order valence-corrected chi connectivity index (χ3v) is 3.30. The van der Waals surface area contributed by atoms with Crippen molar-refractivity contribution in [3.63, 3.8) is 0 Å². The molecular formula is C13H18N2O3. The fraction of sp³-hybridized carbons (Fsp3) is 0.538. The summed E-state index contributed by atoms with van der Waals surface area (Å²) in [6.07, 6.45) is 3.65. The van der Waals surface area contributed by atoms with E-state index in [4.69, 9.17) is 4.74 Å². The quantitative estimate of drug-likeness (QED) is 0.884. The number of hydrogen-bond acceptors (Lipinski definition) is 4. The van der Waals surface area contributed by atoms with Crippen molar-refractivity contribution in [1.82, 2.24) is 4.98 Å². The normalized spacial score (nSPS) is 19.9. The minimum atomic E-state index is -0.933. The predicted octanol–water partition coefficient (Wildman–Crippen LogP) is 1.70. The Kier molecular flexibility index (Phi) is 3.81. The standard InChI is InChI=1S/C13H18N2O3/c1-9-6-12(11(7-14-9)13(16)17)15-5-3-4-10(8-15)18-2/h6-7,10H,3-5,8H2,1-2H3,(H,16,17). The van der Waals surface area contributed by atoms with Gasteiger partial charge in [-0.3, -0.25) is 4.98 Å². The number of aromatic nitrogens is 1. The van der Waals surface area contributed by atoms with Crippen LogP contribution in [0.3, 0.4) is 0 Å². The number of rotatable bonds is 3. The van der Waals surface area contributed by atoms with Crippen molar-refractivity contribution in [2.75, 3.05) is 25.1 Å². The average Bonchev–Trinajstić information content (AvgIpc) is 2.38. The molecule has 0 spiro atoms. The monoisotopic (exact) mass is 250 g/mol. The summed E-state index contributed by atoms with van der Waals surface area (Å²) in [6, 6.07) is 1.83. The summed E-state index contributed by atoms with van der Waals surface area (Å²) >= 11 is 0. The number of anilines is 1. The summed E-state index contributed by atoms with van der Waals surface area (Å²) in [5, 5.41) is 9.21. The van der Waals surface area contributed by atoms with Gasteiger partial charge in [-0.05, 0) is 25.8 Å². The molecule has 5 heteroatoms. The van der Waals surface area contributed by atoms with Gasteiger partial charge in [0.15, 0.2) is 0 Å². The average molecular weight is 250 g/mol. The molecule has 1 aromatic heterocycles. The summed E-state index contributed by atoms with van der Waals surface area (Å²) in [6.45, 7) is 3.47. The first-order chi connectivity index (χ1) is 8.61. The molecule has 1 aromatic rings. The molecule has 2 heterocycles. The summed E-state index contributed by atoms with van der Waals surface area (Å²) < 4.78 is 5.37. The maximum absolute atomic E-state index is 11.2. The summed E-state index contributed by atoms with van der Waals surface area (Å²) in [4.78, 5) is 17.4. The highest BCUT2D eigenvalue weighted by molar-refractivity contribution is 5.94. The second-order valence-electron chi connectivity index (χ2n) is 4.59. The molecule has 0 amide bonds. The molecular weight excluding hydrogens is 232 g/mol. The zero-order valence-electron chi connectivity index (χ0n) is 10.7. The lowest BCUT2D eigenvalue weighted by atomic mass is 10.1. The van der Waals surface area contributed by atoms with E-state index in [1.165, 1.54) is 6.20 Å². The molecule has 1 aliphatic heterocycles. The van der Waals surface area contributed by atoms with Gasteiger partial charge < -0.3 is 14.7 Å². The number of carboxylic acids is 1. The van der Waals surface area contributed by atoms with Gasteiger partial charge in [0, 0.05) is 32.1 Å². The Morgan fingerprint density at radius 3 is 3.06 bits per heavy atom. The Bertz CT molecular complexity index is 448. The molecule has 1 fully saturated rings. The van der Waals surface area contributed by atoms with Crippen molar-refractivity contribution in [3.05, 3.63) is 23.5 Å². The van der Waals surface area contributed by atoms with Gasteiger partial charge >= 0.3 is 5.97 Å². The second-order valence-corrected chi connectivity index (χ2v) is 4.59. The van der Waals surface area contributed by atoms with Crippen LogP contribution < -0.4 is 4.90 Å². The van der Waals surface area contributed by atoms with Crippen molar-refractivity contribution in [2.24, 2.45) is 0 Å². The van der Waals surface area contributed by atoms with E-state index in [0.717, 1.165) is 37.3 Å². The highest BCUT2D eigenvalue weighted by atomic mass is 16.5. The molecule has 5 nitrogen and oxygen atoms in total. The Morgan fingerprint density at radius 1 is 1.61 bits per heavy atom. The van der Waals surface area contributed by atoms with Crippen LogP contribution in [0.5, 0.6) is 0 Å². The van der Waals surface area contributed by atoms with Crippen LogP contribution in [0.1, 0.15) is 28.9 Å². The van der Waals surface area contributed by atoms with Gasteiger partial charge in [0.2, 0.25) is 0 Å². The van der Waals surface area contributed by atoms with E-state index in [-0.39, 0.29) is 11.7 Å². The maximum Gasteiger partial charge on any atom is 0.339 e. The van der Waals surface area contributed by atoms with E-state index >= 15 is 0 Å². The number of aromatic carboxylic acids is 1. The van der Waals surface area contributed by atoms with Crippen molar-refractivity contribution < 1.29 is 14.6 Å². The third-order valence-electron chi connectivity index (χ3n) is 3.30. The molecule has 98 valence electrons. The number of carbonyl (C=O) groups is 1. The molecule has 0 bridgehead atoms. The van der Waals surface area contributed by atoms with Gasteiger partial charge in [-0.2, -0.15) is 0 Å². The first kappa shape index (κ1) is 12.8. The van der Waals surface area contributed by atoms with Crippen LogP contribution in [0.15, 0.2) is 12.3 Å². The van der Waals surface area contributed by atoms with Crippen molar-refractivity contribution in [3.8, 4) is 0 Å². The molecule has 2 rings (SSSR count). The Labute approximate surface area is 106 Å². The summed E-state index contributed by atoms with van der Waals surface area (Å²) in [5.74, 6) is -0.933. The lowest BCUT2D eigenvalue weighted by molar-refractivity contribution is 0.0694. The van der Waals surface area contributed by atoms with Crippen LogP contribution in [-0.4, -0.2) is 42.4 Å². The van der Waals surface area contributed by atoms with Crippen LogP contribution in [-0.2, 0) is 4.74 Å². The zero-order valence-corrected chi connectivity index (χ0v) is 10.7. The van der Waals surface area contributed by atoms with E-state index < -0.39 is 5.97 Å². The molecule has 1 saturated heterocycles. The molecule has 0 saturated carbocycles. The van der Waals surface area contributed by atoms with Crippen molar-refractivity contribution >= 4 is 11.7 Å². The van der Waals surface area contributed by atoms with E-state index in [2.05, 4.69) is 9.88 Å². The van der Waals surface area contributed by atoms with Crippen LogP contribution in [0, 0.1) is 6.92 Å². The Balaban J connectivity index is 2.31. The smallest absolute Gasteiger partial charge is 0.339 e. The molecule has 1 unspecified atom stereocenters. The molecule has 0 aromatic carbocycles. The Hall–Kier alpha value is -1.62. The highest BCUT2D eigenvalue weighted by Crippen LogP contribution is 2.25. The molecule has 0 aliphatic carbocycles. The number of hydrogen-bond donors (Lipinski definition) is 1. The SMILES string of the molecule is COC1CCCN(c2cc(C)ncc2C(=O)O)C1. The topological polar surface area (TPSA) is 62.7 Å². The molecule has 0 radical (unpaired) electrons. The van der Waals surface area contributed by atoms with Crippen LogP contribution in [0.2, 0.25) is 0 Å². The lowest BCUT2D eigenvalue weighted by Crippen LogP contribution is -2.40. The fourth-order valence-electron chi connectivity index (χ4n) is 2.32. The zero-order chi connectivity index (χ0) is 13.1. The highest BCUT2D eigenvalue weighted by Gasteiger charge is 2.23. The van der Waals surface area contributed by atoms with E-state index in [0.29, 0.717) is 0 Å². The van der Waals surface area contributed by atoms with Crippen LogP contribution in [0.4, 0.5) is 5.69 Å². The number of piperidine rings is 1. The predicted molar refractivity (Wildman–Crippen MR) is 68.2 cm³/mol. The molecule has 1 N–H and O–H groups in total. The first-order valence-electron chi connectivity index (χ1n) is 6.09. The number of aryl methyl sites for hydroxylation is 1. The fourth-order valence-corrected chi connectivity index (χ4v) is 2.32. The lowest BCUT2D eigenvalue weighted by Gasteiger charge is -2.34.